The van der Waals surface area contributed by atoms with Gasteiger partial charge in [-0.2, -0.15) is 5.10 Å². The van der Waals surface area contributed by atoms with Gasteiger partial charge in [-0.05, 0) is 51.6 Å². The molecular weight excluding hydrogens is 350 g/mol. The summed E-state index contributed by atoms with van der Waals surface area (Å²) in [6.07, 6.45) is -0.561. The minimum Gasteiger partial charge on any atom is -0.491 e. The average molecular weight is 380 g/mol. The van der Waals surface area contributed by atoms with E-state index in [4.69, 9.17) is 9.84 Å². The Kier molecular flexibility index (Phi) is 6.49. The summed E-state index contributed by atoms with van der Waals surface area (Å²) >= 11 is 0. The number of aromatic nitrogens is 2. The summed E-state index contributed by atoms with van der Waals surface area (Å²) in [6.45, 7) is 7.66. The van der Waals surface area contributed by atoms with Gasteiger partial charge in [-0.3, -0.25) is 4.90 Å². The molecule has 5 heteroatoms. The maximum atomic E-state index is 10.4. The van der Waals surface area contributed by atoms with E-state index in [1.807, 2.05) is 68.0 Å². The van der Waals surface area contributed by atoms with Crippen LogP contribution in [0, 0.1) is 20.8 Å². The molecule has 0 fully saturated rings. The lowest BCUT2D eigenvalue weighted by molar-refractivity contribution is 0.0740. The molecule has 0 spiro atoms. The topological polar surface area (TPSA) is 50.5 Å². The van der Waals surface area contributed by atoms with Crippen LogP contribution in [0.15, 0.2) is 54.6 Å². The Morgan fingerprint density at radius 3 is 2.43 bits per heavy atom. The van der Waals surface area contributed by atoms with E-state index < -0.39 is 6.10 Å². The molecule has 3 rings (SSSR count). The number of benzene rings is 2. The molecule has 148 valence electrons. The molecule has 0 radical (unpaired) electrons. The van der Waals surface area contributed by atoms with Crippen LogP contribution in [0.3, 0.4) is 0 Å². The summed E-state index contributed by atoms with van der Waals surface area (Å²) in [5.74, 6) is 0.819. The lowest BCUT2D eigenvalue weighted by Crippen LogP contribution is -2.33. The van der Waals surface area contributed by atoms with E-state index in [9.17, 15) is 5.11 Å². The van der Waals surface area contributed by atoms with Gasteiger partial charge < -0.3 is 9.84 Å². The zero-order valence-corrected chi connectivity index (χ0v) is 17.1. The monoisotopic (exact) mass is 379 g/mol. The van der Waals surface area contributed by atoms with Gasteiger partial charge in [0, 0.05) is 24.3 Å². The van der Waals surface area contributed by atoms with Crippen LogP contribution >= 0.6 is 0 Å². The van der Waals surface area contributed by atoms with Crippen LogP contribution in [0.25, 0.3) is 5.69 Å². The second-order valence-electron chi connectivity index (χ2n) is 7.32. The first-order valence-corrected chi connectivity index (χ1v) is 9.61. The molecule has 28 heavy (non-hydrogen) atoms. The Bertz CT molecular complexity index is 905. The molecule has 0 aliphatic heterocycles. The van der Waals surface area contributed by atoms with Crippen molar-refractivity contribution in [3.8, 4) is 11.4 Å². The van der Waals surface area contributed by atoms with E-state index in [-0.39, 0.29) is 6.61 Å². The van der Waals surface area contributed by atoms with Crippen LogP contribution < -0.4 is 4.74 Å². The first kappa shape index (κ1) is 20.1. The SMILES string of the molecule is Cc1ccccc1OCC(O)CN(C)Cc1c(C)nn(-c2ccccc2)c1C. The number of rotatable bonds is 8. The minimum absolute atomic E-state index is 0.274. The van der Waals surface area contributed by atoms with E-state index >= 15 is 0 Å². The molecule has 0 aliphatic carbocycles. The van der Waals surface area contributed by atoms with E-state index in [1.54, 1.807) is 0 Å². The fraction of sp³-hybridized carbons (Fsp3) is 0.348. The number of hydrogen-bond donors (Lipinski definition) is 1. The number of hydrogen-bond acceptors (Lipinski definition) is 4. The van der Waals surface area contributed by atoms with Gasteiger partial charge in [0.05, 0.1) is 11.4 Å². The maximum Gasteiger partial charge on any atom is 0.122 e. The highest BCUT2D eigenvalue weighted by atomic mass is 16.5. The maximum absolute atomic E-state index is 10.4. The Hall–Kier alpha value is -2.63. The fourth-order valence-electron chi connectivity index (χ4n) is 3.38. The van der Waals surface area contributed by atoms with Crippen molar-refractivity contribution >= 4 is 0 Å². The largest absolute Gasteiger partial charge is 0.491 e. The highest BCUT2D eigenvalue weighted by Crippen LogP contribution is 2.20. The van der Waals surface area contributed by atoms with Crippen molar-refractivity contribution in [1.29, 1.82) is 0 Å². The summed E-state index contributed by atoms with van der Waals surface area (Å²) in [4.78, 5) is 2.11. The van der Waals surface area contributed by atoms with Gasteiger partial charge in [-0.1, -0.05) is 36.4 Å². The number of aryl methyl sites for hydroxylation is 2. The predicted molar refractivity (Wildman–Crippen MR) is 112 cm³/mol. The molecule has 0 saturated heterocycles. The number of nitrogens with zero attached hydrogens (tertiary/aromatic N) is 3. The molecule has 2 aromatic carbocycles. The molecule has 1 heterocycles. The highest BCUT2D eigenvalue weighted by Gasteiger charge is 2.16. The molecule has 5 nitrogen and oxygen atoms in total. The molecule has 1 aromatic heterocycles. The number of aliphatic hydroxyl groups is 1. The third-order valence-corrected chi connectivity index (χ3v) is 4.92. The quantitative estimate of drug-likeness (QED) is 0.649. The van der Waals surface area contributed by atoms with Gasteiger partial charge in [0.1, 0.15) is 18.5 Å². The van der Waals surface area contributed by atoms with Gasteiger partial charge in [0.25, 0.3) is 0 Å². The number of para-hydroxylation sites is 2. The van der Waals surface area contributed by atoms with E-state index in [1.165, 1.54) is 5.56 Å². The van der Waals surface area contributed by atoms with Gasteiger partial charge in [-0.25, -0.2) is 4.68 Å². The van der Waals surface area contributed by atoms with Crippen molar-refractivity contribution in [1.82, 2.24) is 14.7 Å². The van der Waals surface area contributed by atoms with Crippen molar-refractivity contribution in [3.63, 3.8) is 0 Å². The summed E-state index contributed by atoms with van der Waals surface area (Å²) in [5, 5.41) is 15.1. The van der Waals surface area contributed by atoms with Crippen LogP contribution in [0.2, 0.25) is 0 Å². The van der Waals surface area contributed by atoms with Crippen molar-refractivity contribution in [3.05, 3.63) is 77.1 Å². The standard InChI is InChI=1S/C23H29N3O2/c1-17-10-8-9-13-23(17)28-16-21(27)14-25(4)15-22-18(2)24-26(19(22)3)20-11-6-5-7-12-20/h5-13,21,27H,14-16H2,1-4H3. The molecular formula is C23H29N3O2. The molecule has 1 N–H and O–H groups in total. The van der Waals surface area contributed by atoms with Crippen molar-refractivity contribution in [2.45, 2.75) is 33.4 Å². The Labute approximate surface area is 167 Å². The second kappa shape index (κ2) is 9.04. The smallest absolute Gasteiger partial charge is 0.122 e. The van der Waals surface area contributed by atoms with Gasteiger partial charge >= 0.3 is 0 Å². The predicted octanol–water partition coefficient (Wildman–Crippen LogP) is 3.67. The van der Waals surface area contributed by atoms with Crippen LogP contribution in [-0.2, 0) is 6.54 Å². The first-order valence-electron chi connectivity index (χ1n) is 9.61. The van der Waals surface area contributed by atoms with Crippen LogP contribution in [0.5, 0.6) is 5.75 Å². The molecule has 3 aromatic rings. The minimum atomic E-state index is -0.561. The van der Waals surface area contributed by atoms with Gasteiger partial charge in [-0.15, -0.1) is 0 Å². The highest BCUT2D eigenvalue weighted by molar-refractivity contribution is 5.37. The Morgan fingerprint density at radius 1 is 1.04 bits per heavy atom. The number of likely N-dealkylation sites (N-methyl/N-ethyl adjacent to an activating group) is 1. The lowest BCUT2D eigenvalue weighted by atomic mass is 10.1. The molecule has 0 aliphatic rings. The van der Waals surface area contributed by atoms with Gasteiger partial charge in [0.2, 0.25) is 0 Å². The number of aliphatic hydroxyl groups excluding tert-OH is 1. The van der Waals surface area contributed by atoms with Crippen molar-refractivity contribution in [2.75, 3.05) is 20.2 Å². The zero-order valence-electron chi connectivity index (χ0n) is 17.1. The van der Waals surface area contributed by atoms with Gasteiger partial charge in [0.15, 0.2) is 0 Å². The third kappa shape index (κ3) is 4.80. The van der Waals surface area contributed by atoms with Crippen molar-refractivity contribution in [2.24, 2.45) is 0 Å². The van der Waals surface area contributed by atoms with Crippen LogP contribution in [0.1, 0.15) is 22.5 Å². The first-order chi connectivity index (χ1) is 13.5. The van der Waals surface area contributed by atoms with E-state index in [0.717, 1.165) is 34.9 Å². The summed E-state index contributed by atoms with van der Waals surface area (Å²) in [6, 6.07) is 18.0. The zero-order chi connectivity index (χ0) is 20.1. The Morgan fingerprint density at radius 2 is 1.71 bits per heavy atom. The normalized spacial score (nSPS) is 12.4. The van der Waals surface area contributed by atoms with E-state index in [0.29, 0.717) is 6.54 Å². The average Bonchev–Trinajstić information content (AvgIpc) is 2.96. The lowest BCUT2D eigenvalue weighted by Gasteiger charge is -2.21. The van der Waals surface area contributed by atoms with Crippen molar-refractivity contribution < 1.29 is 9.84 Å². The van der Waals surface area contributed by atoms with E-state index in [2.05, 4.69) is 24.0 Å². The second-order valence-corrected chi connectivity index (χ2v) is 7.32. The number of ether oxygens (including phenoxy) is 1. The molecule has 0 saturated carbocycles. The molecule has 1 atom stereocenters. The molecule has 0 bridgehead atoms. The third-order valence-electron chi connectivity index (χ3n) is 4.92. The Balaban J connectivity index is 1.59. The summed E-state index contributed by atoms with van der Waals surface area (Å²) in [5.41, 5.74) is 5.46. The fourth-order valence-corrected chi connectivity index (χ4v) is 3.38. The molecule has 0 amide bonds. The van der Waals surface area contributed by atoms with Crippen LogP contribution in [-0.4, -0.2) is 46.1 Å². The summed E-state index contributed by atoms with van der Waals surface area (Å²) in [7, 11) is 2.01. The summed E-state index contributed by atoms with van der Waals surface area (Å²) < 4.78 is 7.75. The molecule has 1 unspecified atom stereocenters. The van der Waals surface area contributed by atoms with Crippen LogP contribution in [0.4, 0.5) is 0 Å².